The molecule has 1 aliphatic heterocycles. The molecule has 0 bridgehead atoms. The van der Waals surface area contributed by atoms with E-state index in [-0.39, 0.29) is 16.7 Å². The van der Waals surface area contributed by atoms with Gasteiger partial charge in [0.05, 0.1) is 28.9 Å². The highest BCUT2D eigenvalue weighted by Gasteiger charge is 2.48. The SMILES string of the molecule is COc1ccc2nc(N3C(=O)C(=O)/C(=C(/O)c4ccc(C)cc4)[C@@H]3c3ccc(C(C)(C)C)cc3)sc2c1. The summed E-state index contributed by atoms with van der Waals surface area (Å²) in [4.78, 5) is 33.0. The van der Waals surface area contributed by atoms with Crippen LogP contribution in [0.5, 0.6) is 5.75 Å². The summed E-state index contributed by atoms with van der Waals surface area (Å²) < 4.78 is 6.16. The zero-order chi connectivity index (χ0) is 26.5. The normalized spacial score (nSPS) is 17.5. The molecule has 188 valence electrons. The van der Waals surface area contributed by atoms with E-state index in [1.807, 2.05) is 55.5 Å². The molecule has 0 unspecified atom stereocenters. The molecular weight excluding hydrogens is 484 g/mol. The number of aliphatic hydroxyl groups is 1. The van der Waals surface area contributed by atoms with Gasteiger partial charge in [0, 0.05) is 5.56 Å². The number of Topliss-reactive ketones (excluding diaryl/α,β-unsaturated/α-hetero) is 1. The highest BCUT2D eigenvalue weighted by molar-refractivity contribution is 7.22. The number of carbonyl (C=O) groups excluding carboxylic acids is 2. The fourth-order valence-corrected chi connectivity index (χ4v) is 5.52. The van der Waals surface area contributed by atoms with E-state index in [1.165, 1.54) is 16.2 Å². The molecule has 0 saturated carbocycles. The van der Waals surface area contributed by atoms with Crippen LogP contribution >= 0.6 is 11.3 Å². The molecule has 3 aromatic carbocycles. The van der Waals surface area contributed by atoms with Gasteiger partial charge in [-0.25, -0.2) is 4.98 Å². The van der Waals surface area contributed by atoms with Crippen molar-refractivity contribution < 1.29 is 19.4 Å². The van der Waals surface area contributed by atoms with Gasteiger partial charge in [0.1, 0.15) is 11.5 Å². The van der Waals surface area contributed by atoms with Crippen molar-refractivity contribution in [3.63, 3.8) is 0 Å². The largest absolute Gasteiger partial charge is 0.507 e. The van der Waals surface area contributed by atoms with Gasteiger partial charge in [-0.1, -0.05) is 86.2 Å². The number of aliphatic hydroxyl groups excluding tert-OH is 1. The van der Waals surface area contributed by atoms with Crippen molar-refractivity contribution in [1.82, 2.24) is 4.98 Å². The third-order valence-corrected chi connectivity index (χ3v) is 7.67. The highest BCUT2D eigenvalue weighted by Crippen LogP contribution is 2.45. The number of hydrogen-bond acceptors (Lipinski definition) is 6. The van der Waals surface area contributed by atoms with Gasteiger partial charge < -0.3 is 9.84 Å². The van der Waals surface area contributed by atoms with Crippen LogP contribution in [0, 0.1) is 6.92 Å². The summed E-state index contributed by atoms with van der Waals surface area (Å²) in [5.41, 5.74) is 4.04. The Bertz CT molecular complexity index is 1540. The van der Waals surface area contributed by atoms with Crippen LogP contribution in [-0.4, -0.2) is 28.9 Å². The summed E-state index contributed by atoms with van der Waals surface area (Å²) >= 11 is 1.30. The van der Waals surface area contributed by atoms with Gasteiger partial charge in [-0.2, -0.15) is 0 Å². The number of benzene rings is 3. The molecule has 0 aliphatic carbocycles. The Morgan fingerprint density at radius 1 is 1.00 bits per heavy atom. The predicted octanol–water partition coefficient (Wildman–Crippen LogP) is 6.54. The second-order valence-corrected chi connectivity index (χ2v) is 11.2. The van der Waals surface area contributed by atoms with Gasteiger partial charge in [0.25, 0.3) is 5.78 Å². The monoisotopic (exact) mass is 512 g/mol. The first-order valence-corrected chi connectivity index (χ1v) is 12.8. The van der Waals surface area contributed by atoms with Crippen LogP contribution in [0.1, 0.15) is 49.1 Å². The van der Waals surface area contributed by atoms with Crippen molar-refractivity contribution in [3.8, 4) is 5.75 Å². The number of nitrogens with zero attached hydrogens (tertiary/aromatic N) is 2. The standard InChI is InChI=1S/C30H28N2O4S/c1-17-6-8-19(9-7-17)26(33)24-25(18-10-12-20(13-11-18)30(2,3)4)32(28(35)27(24)34)29-31-22-15-14-21(36-5)16-23(22)37-29/h6-16,25,33H,1-5H3/b26-24+/t25-/m0/s1. The molecule has 1 saturated heterocycles. The fourth-order valence-electron chi connectivity index (χ4n) is 4.50. The van der Waals surface area contributed by atoms with E-state index in [0.29, 0.717) is 22.0 Å². The van der Waals surface area contributed by atoms with Crippen molar-refractivity contribution >= 4 is 44.1 Å². The Balaban J connectivity index is 1.70. The van der Waals surface area contributed by atoms with E-state index >= 15 is 0 Å². The van der Waals surface area contributed by atoms with Gasteiger partial charge >= 0.3 is 5.91 Å². The van der Waals surface area contributed by atoms with Crippen molar-refractivity contribution in [2.24, 2.45) is 0 Å². The van der Waals surface area contributed by atoms with Crippen molar-refractivity contribution in [1.29, 1.82) is 0 Å². The molecule has 1 atom stereocenters. The van der Waals surface area contributed by atoms with Gasteiger partial charge in [0.15, 0.2) is 5.13 Å². The van der Waals surface area contributed by atoms with Crippen LogP contribution in [0.3, 0.4) is 0 Å². The lowest BCUT2D eigenvalue weighted by atomic mass is 9.85. The highest BCUT2D eigenvalue weighted by atomic mass is 32.1. The number of methoxy groups -OCH3 is 1. The second kappa shape index (κ2) is 9.16. The van der Waals surface area contributed by atoms with E-state index in [4.69, 9.17) is 4.74 Å². The number of ketones is 1. The first-order chi connectivity index (χ1) is 17.6. The number of rotatable bonds is 4. The fraction of sp³-hybridized carbons (Fsp3) is 0.233. The Kier molecular flexibility index (Phi) is 6.12. The number of aryl methyl sites for hydroxylation is 1. The lowest BCUT2D eigenvalue weighted by Gasteiger charge is -2.24. The topological polar surface area (TPSA) is 79.7 Å². The van der Waals surface area contributed by atoms with Crippen LogP contribution in [-0.2, 0) is 15.0 Å². The summed E-state index contributed by atoms with van der Waals surface area (Å²) in [6.45, 7) is 8.32. The third-order valence-electron chi connectivity index (χ3n) is 6.65. The van der Waals surface area contributed by atoms with Crippen molar-refractivity contribution in [2.75, 3.05) is 12.0 Å². The maximum Gasteiger partial charge on any atom is 0.301 e. The van der Waals surface area contributed by atoms with Gasteiger partial charge in [-0.05, 0) is 41.7 Å². The molecule has 1 fully saturated rings. The van der Waals surface area contributed by atoms with E-state index in [0.717, 1.165) is 21.4 Å². The number of hydrogen-bond donors (Lipinski definition) is 1. The van der Waals surface area contributed by atoms with Crippen LogP contribution < -0.4 is 9.64 Å². The van der Waals surface area contributed by atoms with Crippen LogP contribution in [0.4, 0.5) is 5.13 Å². The average molecular weight is 513 g/mol. The van der Waals surface area contributed by atoms with E-state index < -0.39 is 17.7 Å². The molecule has 37 heavy (non-hydrogen) atoms. The number of carbonyl (C=O) groups is 2. The first-order valence-electron chi connectivity index (χ1n) is 12.0. The van der Waals surface area contributed by atoms with Gasteiger partial charge in [0.2, 0.25) is 0 Å². The lowest BCUT2D eigenvalue weighted by Crippen LogP contribution is -2.29. The molecule has 1 aromatic heterocycles. The number of aromatic nitrogens is 1. The zero-order valence-electron chi connectivity index (χ0n) is 21.4. The summed E-state index contributed by atoms with van der Waals surface area (Å²) in [7, 11) is 1.59. The quantitative estimate of drug-likeness (QED) is 0.191. The van der Waals surface area contributed by atoms with Crippen LogP contribution in [0.2, 0.25) is 0 Å². The van der Waals surface area contributed by atoms with Crippen LogP contribution in [0.25, 0.3) is 16.0 Å². The van der Waals surface area contributed by atoms with Crippen molar-refractivity contribution in [3.05, 3.63) is 94.6 Å². The maximum absolute atomic E-state index is 13.5. The Labute approximate surface area is 219 Å². The molecule has 6 nitrogen and oxygen atoms in total. The molecule has 5 rings (SSSR count). The Morgan fingerprint density at radius 3 is 2.30 bits per heavy atom. The van der Waals surface area contributed by atoms with Gasteiger partial charge in [-0.3, -0.25) is 14.5 Å². The summed E-state index contributed by atoms with van der Waals surface area (Å²) in [6.07, 6.45) is 0. The summed E-state index contributed by atoms with van der Waals surface area (Å²) in [5.74, 6) is -0.976. The van der Waals surface area contributed by atoms with E-state index in [2.05, 4.69) is 25.8 Å². The number of thiazole rings is 1. The molecule has 0 radical (unpaired) electrons. The first kappa shape index (κ1) is 24.7. The number of amides is 1. The number of ether oxygens (including phenoxy) is 1. The van der Waals surface area contributed by atoms with Crippen LogP contribution in [0.15, 0.2) is 72.3 Å². The average Bonchev–Trinajstić information content (AvgIpc) is 3.41. The lowest BCUT2D eigenvalue weighted by molar-refractivity contribution is -0.132. The van der Waals surface area contributed by atoms with Gasteiger partial charge in [-0.15, -0.1) is 0 Å². The molecule has 0 spiro atoms. The summed E-state index contributed by atoms with van der Waals surface area (Å²) in [6, 6.07) is 19.7. The zero-order valence-corrected chi connectivity index (χ0v) is 22.2. The molecule has 1 aliphatic rings. The summed E-state index contributed by atoms with van der Waals surface area (Å²) in [5, 5.41) is 11.7. The minimum absolute atomic E-state index is 0.0502. The Morgan fingerprint density at radius 2 is 1.68 bits per heavy atom. The minimum Gasteiger partial charge on any atom is -0.507 e. The Hall–Kier alpha value is -3.97. The van der Waals surface area contributed by atoms with Crippen molar-refractivity contribution in [2.45, 2.75) is 39.2 Å². The predicted molar refractivity (Wildman–Crippen MR) is 147 cm³/mol. The minimum atomic E-state index is -0.822. The molecule has 2 heterocycles. The molecule has 1 amide bonds. The third kappa shape index (κ3) is 4.40. The number of anilines is 1. The molecule has 7 heteroatoms. The second-order valence-electron chi connectivity index (χ2n) is 10.2. The number of fused-ring (bicyclic) bond motifs is 1. The molecule has 4 aromatic rings. The molecular formula is C30H28N2O4S. The smallest absolute Gasteiger partial charge is 0.301 e. The molecule has 1 N–H and O–H groups in total. The van der Waals surface area contributed by atoms with E-state index in [9.17, 15) is 14.7 Å². The maximum atomic E-state index is 13.5. The van der Waals surface area contributed by atoms with E-state index in [1.54, 1.807) is 25.3 Å².